The van der Waals surface area contributed by atoms with Gasteiger partial charge in [-0.1, -0.05) is 34.7 Å². The van der Waals surface area contributed by atoms with Crippen LogP contribution < -0.4 is 5.32 Å². The molecule has 4 heterocycles. The molecule has 1 amide bonds. The molecule has 238 valence electrons. The van der Waals surface area contributed by atoms with Crippen LogP contribution in [0.2, 0.25) is 0 Å². The van der Waals surface area contributed by atoms with Gasteiger partial charge in [-0.15, -0.1) is 10.2 Å². The fraction of sp³-hybridized carbons (Fsp3) is 0.414. The van der Waals surface area contributed by atoms with Crippen LogP contribution in [0.4, 0.5) is 8.78 Å². The average molecular weight is 627 g/mol. The first-order chi connectivity index (χ1) is 21.7. The third-order valence-corrected chi connectivity index (χ3v) is 8.38. The van der Waals surface area contributed by atoms with Gasteiger partial charge < -0.3 is 35.4 Å². The number of halogens is 2. The van der Waals surface area contributed by atoms with Crippen LogP contribution in [0.25, 0.3) is 22.5 Å². The first-order valence-electron chi connectivity index (χ1n) is 14.3. The molecule has 8 atom stereocenters. The van der Waals surface area contributed by atoms with Gasteiger partial charge in [-0.25, -0.2) is 18.1 Å². The number of nitrogens with one attached hydrogen (secondary N) is 1. The fourth-order valence-corrected chi connectivity index (χ4v) is 5.90. The summed E-state index contributed by atoms with van der Waals surface area (Å²) in [5, 5.41) is 63.1. The topological polar surface area (TPSA) is 184 Å². The Balaban J connectivity index is 1.21. The monoisotopic (exact) mass is 626 g/mol. The van der Waals surface area contributed by atoms with E-state index >= 15 is 0 Å². The fourth-order valence-electron chi connectivity index (χ4n) is 5.90. The van der Waals surface area contributed by atoms with Gasteiger partial charge in [0.25, 0.3) is 5.91 Å². The summed E-state index contributed by atoms with van der Waals surface area (Å²) < 4.78 is 35.8. The molecule has 0 aliphatic carbocycles. The van der Waals surface area contributed by atoms with Gasteiger partial charge in [0.2, 0.25) is 0 Å². The number of ether oxygens (including phenoxy) is 1. The molecular weight excluding hydrogens is 594 g/mol. The highest BCUT2D eigenvalue weighted by Crippen LogP contribution is 2.33. The zero-order valence-corrected chi connectivity index (χ0v) is 24.0. The van der Waals surface area contributed by atoms with Crippen molar-refractivity contribution in [2.24, 2.45) is 0 Å². The molecule has 5 N–H and O–H groups in total. The quantitative estimate of drug-likeness (QED) is 0.179. The highest BCUT2D eigenvalue weighted by molar-refractivity contribution is 5.82. The van der Waals surface area contributed by atoms with Crippen molar-refractivity contribution >= 4 is 5.91 Å². The van der Waals surface area contributed by atoms with Crippen molar-refractivity contribution in [2.45, 2.75) is 48.6 Å². The maximum absolute atomic E-state index is 13.8. The standard InChI is InChI=1S/C29H32F2N8O6/c1-37(21-10-32-11-22(25(21)41)38-12-19(33-35-38)15-4-2-6-17(30)8-15)29(44)28-27(43)24(26(42)23(14-40)45-28)39-13-20(34-36-39)16-5-3-7-18(31)9-16/h2-9,12-13,21-28,32,40-43H,10-11,14H2,1H3/t21-,22+,23-,24+,25+,26+,27-,28-/m1/s1. The summed E-state index contributed by atoms with van der Waals surface area (Å²) in [6.45, 7) is -0.169. The minimum absolute atomic E-state index is 0.198. The van der Waals surface area contributed by atoms with Crippen molar-refractivity contribution in [3.63, 3.8) is 0 Å². The minimum Gasteiger partial charge on any atom is -0.394 e. The number of hydrogen-bond donors (Lipinski definition) is 5. The Bertz CT molecular complexity index is 1650. The average Bonchev–Trinajstić information content (AvgIpc) is 3.72. The number of amides is 1. The van der Waals surface area contributed by atoms with E-state index < -0.39 is 72.8 Å². The van der Waals surface area contributed by atoms with Crippen LogP contribution in [0, 0.1) is 11.6 Å². The first-order valence-corrected chi connectivity index (χ1v) is 14.3. The number of rotatable bonds is 7. The van der Waals surface area contributed by atoms with Crippen LogP contribution in [0.15, 0.2) is 60.9 Å². The Kier molecular flexibility index (Phi) is 8.67. The lowest BCUT2D eigenvalue weighted by molar-refractivity contribution is -0.213. The van der Waals surface area contributed by atoms with E-state index in [1.807, 2.05) is 0 Å². The molecule has 0 saturated carbocycles. The number of aromatic nitrogens is 6. The van der Waals surface area contributed by atoms with Crippen molar-refractivity contribution < 1.29 is 38.7 Å². The molecular formula is C29H32F2N8O6. The summed E-state index contributed by atoms with van der Waals surface area (Å²) in [5.74, 6) is -1.63. The van der Waals surface area contributed by atoms with Gasteiger partial charge in [0.15, 0.2) is 6.10 Å². The number of aliphatic hydroxyl groups is 4. The molecule has 2 aromatic heterocycles. The molecule has 2 fully saturated rings. The van der Waals surface area contributed by atoms with Crippen LogP contribution in [0.1, 0.15) is 12.1 Å². The van der Waals surface area contributed by atoms with Crippen LogP contribution in [0.5, 0.6) is 0 Å². The second-order valence-corrected chi connectivity index (χ2v) is 11.2. The predicted octanol–water partition coefficient (Wildman–Crippen LogP) is -0.463. The molecule has 0 bridgehead atoms. The molecule has 6 rings (SSSR count). The molecule has 14 nitrogen and oxygen atoms in total. The molecule has 0 spiro atoms. The summed E-state index contributed by atoms with van der Waals surface area (Å²) >= 11 is 0. The van der Waals surface area contributed by atoms with E-state index in [1.165, 1.54) is 53.2 Å². The van der Waals surface area contributed by atoms with E-state index in [0.717, 1.165) is 4.68 Å². The number of carbonyl (C=O) groups is 1. The highest BCUT2D eigenvalue weighted by Gasteiger charge is 2.50. The van der Waals surface area contributed by atoms with Crippen LogP contribution in [-0.4, -0.2) is 125 Å². The van der Waals surface area contributed by atoms with E-state index in [0.29, 0.717) is 23.4 Å². The Hall–Kier alpha value is -4.19. The molecule has 2 aliphatic heterocycles. The Labute approximate surface area is 255 Å². The normalized spacial score (nSPS) is 28.6. The maximum atomic E-state index is 13.8. The number of hydrogen-bond acceptors (Lipinski definition) is 11. The third-order valence-electron chi connectivity index (χ3n) is 8.38. The molecule has 0 unspecified atom stereocenters. The molecule has 16 heteroatoms. The highest BCUT2D eigenvalue weighted by atomic mass is 19.1. The van der Waals surface area contributed by atoms with Gasteiger partial charge in [0, 0.05) is 31.3 Å². The van der Waals surface area contributed by atoms with Crippen molar-refractivity contribution in [2.75, 3.05) is 26.7 Å². The van der Waals surface area contributed by atoms with E-state index in [4.69, 9.17) is 4.74 Å². The van der Waals surface area contributed by atoms with Gasteiger partial charge in [-0.05, 0) is 24.3 Å². The molecule has 45 heavy (non-hydrogen) atoms. The number of nitrogens with zero attached hydrogens (tertiary/aromatic N) is 7. The van der Waals surface area contributed by atoms with Gasteiger partial charge in [0.05, 0.1) is 37.2 Å². The number of likely N-dealkylation sites (N-methyl/N-ethyl adjacent to an activating group) is 1. The van der Waals surface area contributed by atoms with E-state index in [-0.39, 0.29) is 12.2 Å². The Morgan fingerprint density at radius 1 is 0.933 bits per heavy atom. The lowest BCUT2D eigenvalue weighted by Gasteiger charge is -2.45. The van der Waals surface area contributed by atoms with E-state index in [2.05, 4.69) is 25.9 Å². The summed E-state index contributed by atoms with van der Waals surface area (Å²) in [6, 6.07) is 8.79. The van der Waals surface area contributed by atoms with Gasteiger partial charge >= 0.3 is 0 Å². The summed E-state index contributed by atoms with van der Waals surface area (Å²) in [6.07, 6.45) is -4.10. The Morgan fingerprint density at radius 3 is 2.13 bits per heavy atom. The van der Waals surface area contributed by atoms with Crippen molar-refractivity contribution in [1.29, 1.82) is 0 Å². The molecule has 4 aromatic rings. The lowest BCUT2D eigenvalue weighted by Crippen LogP contribution is -2.64. The number of benzene rings is 2. The lowest BCUT2D eigenvalue weighted by atomic mass is 9.91. The largest absolute Gasteiger partial charge is 0.394 e. The van der Waals surface area contributed by atoms with Crippen LogP contribution >= 0.6 is 0 Å². The predicted molar refractivity (Wildman–Crippen MR) is 152 cm³/mol. The molecule has 2 aliphatic rings. The minimum atomic E-state index is -1.64. The van der Waals surface area contributed by atoms with Crippen LogP contribution in [0.3, 0.4) is 0 Å². The molecule has 2 saturated heterocycles. The SMILES string of the molecule is CN(C(=O)[C@@H]1O[C@H](CO)[C@H](O)[C@H](n2cc(-c3cccc(F)c3)nn2)[C@H]1O)[C@@H]1CNC[C@H](n2cc(-c3cccc(F)c3)nn2)[C@H]1O. The van der Waals surface area contributed by atoms with Gasteiger partial charge in [-0.2, -0.15) is 0 Å². The maximum Gasteiger partial charge on any atom is 0.254 e. The molecule has 2 aromatic carbocycles. The summed E-state index contributed by atoms with van der Waals surface area (Å²) in [4.78, 5) is 15.0. The van der Waals surface area contributed by atoms with Crippen molar-refractivity contribution in [3.8, 4) is 22.5 Å². The third kappa shape index (κ3) is 5.95. The number of carbonyl (C=O) groups excluding carboxylic acids is 1. The van der Waals surface area contributed by atoms with Crippen molar-refractivity contribution in [3.05, 3.63) is 72.6 Å². The second kappa shape index (κ2) is 12.7. The van der Waals surface area contributed by atoms with Gasteiger partial charge in [-0.3, -0.25) is 4.79 Å². The Morgan fingerprint density at radius 2 is 1.53 bits per heavy atom. The van der Waals surface area contributed by atoms with Crippen molar-refractivity contribution in [1.82, 2.24) is 40.2 Å². The summed E-state index contributed by atoms with van der Waals surface area (Å²) in [5.41, 5.74) is 1.59. The zero-order valence-electron chi connectivity index (χ0n) is 24.0. The van der Waals surface area contributed by atoms with Gasteiger partial charge in [0.1, 0.15) is 47.4 Å². The smallest absolute Gasteiger partial charge is 0.254 e. The molecule has 0 radical (unpaired) electrons. The second-order valence-electron chi connectivity index (χ2n) is 11.2. The van der Waals surface area contributed by atoms with Crippen LogP contribution in [-0.2, 0) is 9.53 Å². The summed E-state index contributed by atoms with van der Waals surface area (Å²) in [7, 11) is 1.45. The zero-order chi connectivity index (χ0) is 31.8. The first kappa shape index (κ1) is 30.8. The van der Waals surface area contributed by atoms with E-state index in [1.54, 1.807) is 24.4 Å². The van der Waals surface area contributed by atoms with E-state index in [9.17, 15) is 34.0 Å². The number of piperidine rings is 1. The number of aliphatic hydroxyl groups excluding tert-OH is 4.